The summed E-state index contributed by atoms with van der Waals surface area (Å²) in [7, 11) is 1.62. The van der Waals surface area contributed by atoms with Gasteiger partial charge in [-0.05, 0) is 18.9 Å². The van der Waals surface area contributed by atoms with Crippen LogP contribution < -0.4 is 5.32 Å². The summed E-state index contributed by atoms with van der Waals surface area (Å²) in [6.45, 7) is 2.55. The van der Waals surface area contributed by atoms with Crippen molar-refractivity contribution in [2.24, 2.45) is 13.0 Å². The van der Waals surface area contributed by atoms with Crippen molar-refractivity contribution in [3.05, 3.63) is 53.9 Å². The number of hydrogen-bond donors (Lipinski definition) is 1. The fraction of sp³-hybridized carbons (Fsp3) is 0.435. The largest absolute Gasteiger partial charge is 0.419 e. The zero-order valence-electron chi connectivity index (χ0n) is 19.7. The molecule has 0 bridgehead atoms. The van der Waals surface area contributed by atoms with Crippen molar-refractivity contribution < 1.29 is 26.7 Å². The molecule has 36 heavy (non-hydrogen) atoms. The first kappa shape index (κ1) is 25.5. The molecular weight excluding hydrogens is 485 g/mol. The average Bonchev–Trinajstić information content (AvgIpc) is 3.19. The average molecular weight is 509 g/mol. The van der Waals surface area contributed by atoms with Gasteiger partial charge in [-0.3, -0.25) is 14.5 Å². The molecule has 1 fully saturated rings. The van der Waals surface area contributed by atoms with Crippen LogP contribution in [-0.4, -0.2) is 60.6 Å². The van der Waals surface area contributed by atoms with E-state index in [-0.39, 0.29) is 18.2 Å². The summed E-state index contributed by atoms with van der Waals surface area (Å²) in [5.74, 6) is -4.54. The lowest BCUT2D eigenvalue weighted by atomic mass is 9.88. The van der Waals surface area contributed by atoms with Gasteiger partial charge in [0.1, 0.15) is 0 Å². The number of piperidine rings is 1. The Kier molecular flexibility index (Phi) is 6.67. The summed E-state index contributed by atoms with van der Waals surface area (Å²) in [6, 6.07) is 2.82. The monoisotopic (exact) mass is 509 g/mol. The molecule has 13 heteroatoms. The van der Waals surface area contributed by atoms with Crippen molar-refractivity contribution in [1.29, 1.82) is 0 Å². The second-order valence-electron chi connectivity index (χ2n) is 8.97. The van der Waals surface area contributed by atoms with E-state index in [0.717, 1.165) is 10.6 Å². The van der Waals surface area contributed by atoms with Crippen LogP contribution in [-0.2, 0) is 13.2 Å². The first-order valence-corrected chi connectivity index (χ1v) is 11.1. The third-order valence-corrected chi connectivity index (χ3v) is 6.04. The molecule has 0 saturated carbocycles. The Morgan fingerprint density at radius 1 is 1.17 bits per heavy atom. The lowest BCUT2D eigenvalue weighted by Gasteiger charge is -2.43. The highest BCUT2D eigenvalue weighted by molar-refractivity contribution is 5.99. The Labute approximate surface area is 203 Å². The van der Waals surface area contributed by atoms with Gasteiger partial charge in [0, 0.05) is 61.6 Å². The van der Waals surface area contributed by atoms with E-state index in [0.29, 0.717) is 23.5 Å². The van der Waals surface area contributed by atoms with E-state index in [2.05, 4.69) is 25.4 Å². The van der Waals surface area contributed by atoms with E-state index in [1.54, 1.807) is 38.5 Å². The molecule has 4 heterocycles. The van der Waals surface area contributed by atoms with E-state index < -0.39 is 48.5 Å². The van der Waals surface area contributed by atoms with Crippen LogP contribution in [0.1, 0.15) is 35.1 Å². The third-order valence-electron chi connectivity index (χ3n) is 6.04. The summed E-state index contributed by atoms with van der Waals surface area (Å²) in [5.41, 5.74) is 0.834. The second-order valence-corrected chi connectivity index (χ2v) is 8.97. The number of carbonyl (C=O) groups is 1. The van der Waals surface area contributed by atoms with Crippen molar-refractivity contribution in [2.75, 3.05) is 18.4 Å². The maximum Gasteiger partial charge on any atom is 0.419 e. The van der Waals surface area contributed by atoms with Crippen LogP contribution in [0.5, 0.6) is 0 Å². The number of nitrogens with one attached hydrogen (secondary N) is 1. The van der Waals surface area contributed by atoms with Crippen molar-refractivity contribution in [2.45, 2.75) is 38.4 Å². The molecular formula is C23H24F5N7O. The van der Waals surface area contributed by atoms with E-state index in [1.807, 2.05) is 6.92 Å². The third kappa shape index (κ3) is 5.44. The van der Waals surface area contributed by atoms with Crippen LogP contribution in [0.25, 0.3) is 11.1 Å². The molecule has 2 atom stereocenters. The van der Waals surface area contributed by atoms with Gasteiger partial charge in [-0.1, -0.05) is 13.0 Å². The Hall–Kier alpha value is -3.64. The highest BCUT2D eigenvalue weighted by Gasteiger charge is 2.47. The summed E-state index contributed by atoms with van der Waals surface area (Å²) in [5, 5.41) is 7.02. The number of amides is 1. The number of hydrogen-bond acceptors (Lipinski definition) is 6. The molecule has 3 aromatic heterocycles. The van der Waals surface area contributed by atoms with Crippen LogP contribution in [0.15, 0.2) is 36.9 Å². The molecule has 1 saturated heterocycles. The smallest absolute Gasteiger partial charge is 0.352 e. The first-order chi connectivity index (χ1) is 16.8. The quantitative estimate of drug-likeness (QED) is 0.519. The van der Waals surface area contributed by atoms with Crippen molar-refractivity contribution in [1.82, 2.24) is 29.6 Å². The van der Waals surface area contributed by atoms with Crippen molar-refractivity contribution in [3.63, 3.8) is 0 Å². The van der Waals surface area contributed by atoms with E-state index in [9.17, 15) is 26.7 Å². The number of alkyl halides is 5. The van der Waals surface area contributed by atoms with Gasteiger partial charge in [-0.25, -0.2) is 18.7 Å². The van der Waals surface area contributed by atoms with Gasteiger partial charge >= 0.3 is 6.18 Å². The SMILES string of the molecule is Cc1ccc(-c2cn(C)nc2C(=O)N2CC(F)(F)C[C@@H](C)C2CNc2ncc(C(F)(F)F)cn2)cn1. The van der Waals surface area contributed by atoms with E-state index in [4.69, 9.17) is 0 Å². The standard InChI is InChI=1S/C23H24F5N7O/c1-13-6-22(24,25)12-35(18(13)10-32-21-30-8-16(9-31-21)23(26,27)28)20(36)19-17(11-34(3)33-19)15-5-4-14(2)29-7-15/h4-5,7-9,11,13,18H,6,10,12H2,1-3H3,(H,30,31,32)/t13-,18?/m1/s1. The van der Waals surface area contributed by atoms with Gasteiger partial charge in [-0.15, -0.1) is 0 Å². The second kappa shape index (κ2) is 9.43. The molecule has 0 aliphatic carbocycles. The van der Waals surface area contributed by atoms with Crippen molar-refractivity contribution in [3.8, 4) is 11.1 Å². The lowest BCUT2D eigenvalue weighted by molar-refractivity contribution is -0.138. The predicted molar refractivity (Wildman–Crippen MR) is 120 cm³/mol. The zero-order chi connectivity index (χ0) is 26.3. The Morgan fingerprint density at radius 2 is 1.86 bits per heavy atom. The molecule has 3 aromatic rings. The van der Waals surface area contributed by atoms with Gasteiger partial charge in [0.05, 0.1) is 18.2 Å². The molecule has 1 aliphatic heterocycles. The minimum absolute atomic E-state index is 0.00355. The summed E-state index contributed by atoms with van der Waals surface area (Å²) in [4.78, 5) is 26.2. The molecule has 4 rings (SSSR count). The number of aromatic nitrogens is 5. The molecule has 1 unspecified atom stereocenters. The van der Waals surface area contributed by atoms with Crippen LogP contribution in [0.4, 0.5) is 27.9 Å². The maximum atomic E-state index is 14.6. The number of aryl methyl sites for hydroxylation is 2. The Bertz CT molecular complexity index is 1230. The van der Waals surface area contributed by atoms with Crippen molar-refractivity contribution >= 4 is 11.9 Å². The predicted octanol–water partition coefficient (Wildman–Crippen LogP) is 4.20. The Balaban J connectivity index is 1.60. The molecule has 0 spiro atoms. The fourth-order valence-electron chi connectivity index (χ4n) is 4.26. The lowest BCUT2D eigenvalue weighted by Crippen LogP contribution is -2.57. The number of anilines is 1. The van der Waals surface area contributed by atoms with E-state index >= 15 is 0 Å². The number of nitrogens with zero attached hydrogens (tertiary/aromatic N) is 6. The van der Waals surface area contributed by atoms with Gasteiger partial charge in [0.2, 0.25) is 5.95 Å². The van der Waals surface area contributed by atoms with Gasteiger partial charge in [0.15, 0.2) is 5.69 Å². The molecule has 1 aliphatic rings. The van der Waals surface area contributed by atoms with E-state index in [1.165, 1.54) is 4.68 Å². The molecule has 0 radical (unpaired) electrons. The van der Waals surface area contributed by atoms with Gasteiger partial charge in [-0.2, -0.15) is 18.3 Å². The number of rotatable bonds is 5. The number of likely N-dealkylation sites (tertiary alicyclic amines) is 1. The van der Waals surface area contributed by atoms with Gasteiger partial charge < -0.3 is 10.2 Å². The molecule has 192 valence electrons. The molecule has 1 amide bonds. The zero-order valence-corrected chi connectivity index (χ0v) is 19.7. The molecule has 1 N–H and O–H groups in total. The van der Waals surface area contributed by atoms with Crippen LogP contribution in [0.2, 0.25) is 0 Å². The minimum atomic E-state index is -4.58. The number of halogens is 5. The van der Waals surface area contributed by atoms with Crippen LogP contribution in [0, 0.1) is 12.8 Å². The summed E-state index contributed by atoms with van der Waals surface area (Å²) < 4.78 is 68.9. The molecule has 0 aromatic carbocycles. The summed E-state index contributed by atoms with van der Waals surface area (Å²) >= 11 is 0. The first-order valence-electron chi connectivity index (χ1n) is 11.1. The number of carbonyl (C=O) groups excluding carboxylic acids is 1. The maximum absolute atomic E-state index is 14.6. The Morgan fingerprint density at radius 3 is 2.47 bits per heavy atom. The highest BCUT2D eigenvalue weighted by atomic mass is 19.4. The summed E-state index contributed by atoms with van der Waals surface area (Å²) in [6.07, 6.45) is -0.572. The van der Waals surface area contributed by atoms with Crippen LogP contribution >= 0.6 is 0 Å². The minimum Gasteiger partial charge on any atom is -0.352 e. The highest BCUT2D eigenvalue weighted by Crippen LogP contribution is 2.36. The van der Waals surface area contributed by atoms with Crippen LogP contribution in [0.3, 0.4) is 0 Å². The normalized spacial score (nSPS) is 19.8. The molecule has 8 nitrogen and oxygen atoms in total. The number of pyridine rings is 1. The topological polar surface area (TPSA) is 88.8 Å². The van der Waals surface area contributed by atoms with Gasteiger partial charge in [0.25, 0.3) is 11.8 Å². The fourth-order valence-corrected chi connectivity index (χ4v) is 4.26.